The third kappa shape index (κ3) is 3.37. The molecule has 5 heteroatoms. The average Bonchev–Trinajstić information content (AvgIpc) is 3.01. The minimum Gasteiger partial charge on any atom is -0.377 e. The SMILES string of the molecule is CCNC(=NCCCN1CCCCC1C)NC1C2CCOC2C12CCC2. The maximum absolute atomic E-state index is 6.05. The third-order valence-corrected chi connectivity index (χ3v) is 7.49. The summed E-state index contributed by atoms with van der Waals surface area (Å²) < 4.78 is 6.05. The highest BCUT2D eigenvalue weighted by Crippen LogP contribution is 2.62. The van der Waals surface area contributed by atoms with Gasteiger partial charge in [0.1, 0.15) is 0 Å². The van der Waals surface area contributed by atoms with Crippen molar-refractivity contribution in [3.63, 3.8) is 0 Å². The molecule has 2 aliphatic heterocycles. The van der Waals surface area contributed by atoms with Gasteiger partial charge in [-0.2, -0.15) is 0 Å². The van der Waals surface area contributed by atoms with E-state index in [9.17, 15) is 0 Å². The molecule has 2 saturated carbocycles. The summed E-state index contributed by atoms with van der Waals surface area (Å²) >= 11 is 0. The molecule has 0 radical (unpaired) electrons. The molecule has 5 nitrogen and oxygen atoms in total. The van der Waals surface area contributed by atoms with Gasteiger partial charge in [-0.25, -0.2) is 0 Å². The van der Waals surface area contributed by atoms with E-state index in [0.717, 1.165) is 38.1 Å². The first-order chi connectivity index (χ1) is 12.7. The fourth-order valence-corrected chi connectivity index (χ4v) is 5.88. The van der Waals surface area contributed by atoms with Crippen LogP contribution in [0.25, 0.3) is 0 Å². The van der Waals surface area contributed by atoms with Crippen LogP contribution in [0.5, 0.6) is 0 Å². The minimum absolute atomic E-state index is 0.417. The number of fused-ring (bicyclic) bond motifs is 2. The topological polar surface area (TPSA) is 48.9 Å². The lowest BCUT2D eigenvalue weighted by atomic mass is 9.46. The molecule has 4 unspecified atom stereocenters. The third-order valence-electron chi connectivity index (χ3n) is 7.49. The number of nitrogens with one attached hydrogen (secondary N) is 2. The predicted octanol–water partition coefficient (Wildman–Crippen LogP) is 2.76. The van der Waals surface area contributed by atoms with Gasteiger partial charge >= 0.3 is 0 Å². The predicted molar refractivity (Wildman–Crippen MR) is 107 cm³/mol. The van der Waals surface area contributed by atoms with Crippen molar-refractivity contribution in [2.75, 3.05) is 32.8 Å². The Balaban J connectivity index is 1.29. The molecule has 26 heavy (non-hydrogen) atoms. The first-order valence-corrected chi connectivity index (χ1v) is 11.1. The Morgan fingerprint density at radius 2 is 2.12 bits per heavy atom. The normalized spacial score (nSPS) is 36.3. The Morgan fingerprint density at radius 1 is 1.23 bits per heavy atom. The molecule has 2 saturated heterocycles. The lowest BCUT2D eigenvalue weighted by molar-refractivity contribution is -0.171. The summed E-state index contributed by atoms with van der Waals surface area (Å²) in [5.41, 5.74) is 0.417. The summed E-state index contributed by atoms with van der Waals surface area (Å²) in [5, 5.41) is 7.29. The van der Waals surface area contributed by atoms with Crippen LogP contribution < -0.4 is 10.6 Å². The smallest absolute Gasteiger partial charge is 0.191 e. The van der Waals surface area contributed by atoms with Gasteiger partial charge in [0.05, 0.1) is 6.10 Å². The molecule has 4 aliphatic rings. The molecular weight excluding hydrogens is 324 g/mol. The zero-order chi connectivity index (χ0) is 18.0. The van der Waals surface area contributed by atoms with Crippen molar-refractivity contribution in [2.45, 2.75) is 83.4 Å². The van der Waals surface area contributed by atoms with Gasteiger partial charge in [-0.3, -0.25) is 4.99 Å². The van der Waals surface area contributed by atoms with E-state index in [1.165, 1.54) is 58.0 Å². The van der Waals surface area contributed by atoms with E-state index in [0.29, 0.717) is 23.5 Å². The highest BCUT2D eigenvalue weighted by Gasteiger charge is 2.66. The monoisotopic (exact) mass is 362 g/mol. The number of guanidine groups is 1. The lowest BCUT2D eigenvalue weighted by Crippen LogP contribution is -2.72. The van der Waals surface area contributed by atoms with Gasteiger partial charge in [-0.05, 0) is 58.9 Å². The van der Waals surface area contributed by atoms with E-state index in [1.807, 2.05) is 0 Å². The molecule has 4 atom stereocenters. The Labute approximate surface area is 159 Å². The van der Waals surface area contributed by atoms with Crippen LogP contribution in [0.2, 0.25) is 0 Å². The van der Waals surface area contributed by atoms with Gasteiger partial charge in [0.2, 0.25) is 0 Å². The van der Waals surface area contributed by atoms with Gasteiger partial charge in [-0.15, -0.1) is 0 Å². The fraction of sp³-hybridized carbons (Fsp3) is 0.952. The van der Waals surface area contributed by atoms with Crippen LogP contribution in [0.4, 0.5) is 0 Å². The van der Waals surface area contributed by atoms with Crippen LogP contribution in [0.1, 0.15) is 65.2 Å². The molecule has 0 aromatic rings. The van der Waals surface area contributed by atoms with Crippen LogP contribution in [0, 0.1) is 11.3 Å². The highest BCUT2D eigenvalue weighted by atomic mass is 16.5. The highest BCUT2D eigenvalue weighted by molar-refractivity contribution is 5.80. The summed E-state index contributed by atoms with van der Waals surface area (Å²) in [6.07, 6.45) is 11.1. The van der Waals surface area contributed by atoms with E-state index in [4.69, 9.17) is 9.73 Å². The first kappa shape index (κ1) is 18.5. The van der Waals surface area contributed by atoms with Crippen molar-refractivity contribution in [3.8, 4) is 0 Å². The molecule has 4 fully saturated rings. The van der Waals surface area contributed by atoms with Crippen LogP contribution in [-0.2, 0) is 4.74 Å². The van der Waals surface area contributed by atoms with E-state index >= 15 is 0 Å². The molecule has 4 rings (SSSR count). The largest absolute Gasteiger partial charge is 0.377 e. The van der Waals surface area contributed by atoms with Gasteiger partial charge in [0, 0.05) is 49.7 Å². The van der Waals surface area contributed by atoms with E-state index in [1.54, 1.807) is 0 Å². The number of ether oxygens (including phenoxy) is 1. The van der Waals surface area contributed by atoms with Gasteiger partial charge in [0.25, 0.3) is 0 Å². The van der Waals surface area contributed by atoms with Crippen molar-refractivity contribution >= 4 is 5.96 Å². The molecule has 0 bridgehead atoms. The zero-order valence-corrected chi connectivity index (χ0v) is 16.8. The van der Waals surface area contributed by atoms with E-state index in [-0.39, 0.29) is 0 Å². The molecule has 0 amide bonds. The Bertz CT molecular complexity index is 504. The van der Waals surface area contributed by atoms with Gasteiger partial charge < -0.3 is 20.3 Å². The number of rotatable bonds is 6. The Hall–Kier alpha value is -0.810. The standard InChI is InChI=1S/C21H38N4O/c1-3-22-20(23-12-7-14-25-13-5-4-8-16(25)2)24-18-17-9-15-26-19(17)21(18)10-6-11-21/h16-19H,3-15H2,1-2H3,(H2,22,23,24). The lowest BCUT2D eigenvalue weighted by Gasteiger charge is -2.63. The molecule has 2 heterocycles. The number of nitrogens with zero attached hydrogens (tertiary/aromatic N) is 2. The van der Waals surface area contributed by atoms with Crippen LogP contribution in [-0.4, -0.2) is 61.8 Å². The van der Waals surface area contributed by atoms with Gasteiger partial charge in [-0.1, -0.05) is 12.8 Å². The second-order valence-electron chi connectivity index (χ2n) is 8.95. The van der Waals surface area contributed by atoms with Crippen LogP contribution in [0.15, 0.2) is 4.99 Å². The fourth-order valence-electron chi connectivity index (χ4n) is 5.88. The number of likely N-dealkylation sites (tertiary alicyclic amines) is 1. The molecule has 0 aromatic carbocycles. The molecule has 2 aliphatic carbocycles. The summed E-state index contributed by atoms with van der Waals surface area (Å²) in [6.45, 7) is 9.81. The average molecular weight is 363 g/mol. The van der Waals surface area contributed by atoms with E-state index in [2.05, 4.69) is 29.4 Å². The number of hydrogen-bond donors (Lipinski definition) is 2. The number of aliphatic imine (C=N–C) groups is 1. The second-order valence-corrected chi connectivity index (χ2v) is 8.95. The molecule has 0 aromatic heterocycles. The molecule has 148 valence electrons. The number of hydrogen-bond acceptors (Lipinski definition) is 3. The molecule has 2 N–H and O–H groups in total. The Kier molecular flexibility index (Phi) is 5.75. The number of piperidine rings is 1. The molecule has 1 spiro atoms. The summed E-state index contributed by atoms with van der Waals surface area (Å²) in [6, 6.07) is 1.33. The minimum atomic E-state index is 0.417. The van der Waals surface area contributed by atoms with E-state index < -0.39 is 0 Å². The summed E-state index contributed by atoms with van der Waals surface area (Å²) in [5.74, 6) is 1.73. The van der Waals surface area contributed by atoms with Crippen molar-refractivity contribution in [3.05, 3.63) is 0 Å². The van der Waals surface area contributed by atoms with Crippen molar-refractivity contribution in [1.29, 1.82) is 0 Å². The summed E-state index contributed by atoms with van der Waals surface area (Å²) in [4.78, 5) is 7.56. The van der Waals surface area contributed by atoms with Crippen LogP contribution in [0.3, 0.4) is 0 Å². The Morgan fingerprint density at radius 3 is 2.85 bits per heavy atom. The maximum atomic E-state index is 6.05. The quantitative estimate of drug-likeness (QED) is 0.433. The molecular formula is C21H38N4O. The zero-order valence-electron chi connectivity index (χ0n) is 16.8. The van der Waals surface area contributed by atoms with Crippen molar-refractivity contribution in [1.82, 2.24) is 15.5 Å². The van der Waals surface area contributed by atoms with Crippen LogP contribution >= 0.6 is 0 Å². The first-order valence-electron chi connectivity index (χ1n) is 11.1. The van der Waals surface area contributed by atoms with Gasteiger partial charge in [0.15, 0.2) is 5.96 Å². The summed E-state index contributed by atoms with van der Waals surface area (Å²) in [7, 11) is 0. The van der Waals surface area contributed by atoms with Crippen molar-refractivity contribution < 1.29 is 4.74 Å². The van der Waals surface area contributed by atoms with Crippen molar-refractivity contribution in [2.24, 2.45) is 16.3 Å². The maximum Gasteiger partial charge on any atom is 0.191 e. The second kappa shape index (κ2) is 8.05.